The average Bonchev–Trinajstić information content (AvgIpc) is 3.52. The molecule has 0 atom stereocenters. The molecule has 1 heterocycles. The zero-order chi connectivity index (χ0) is 18.3. The van der Waals surface area contributed by atoms with Gasteiger partial charge in [0, 0.05) is 17.6 Å². The largest absolute Gasteiger partial charge is 0.413 e. The maximum absolute atomic E-state index is 12.3. The summed E-state index contributed by atoms with van der Waals surface area (Å²) in [4.78, 5) is 24.1. The highest BCUT2D eigenvalue weighted by molar-refractivity contribution is 5.95. The minimum atomic E-state index is -0.534. The molecule has 2 fully saturated rings. The van der Waals surface area contributed by atoms with Crippen molar-refractivity contribution in [3.63, 3.8) is 0 Å². The standard InChI is InChI=1S/C18H21N5O3/c1-10-2-3-11(17(24)21-12-4-5-12)8-14(10)23-16(19)15(9-20-23)26-18(25)22-13-6-7-13/h2-3,8-9,12-13H,4-7,19H2,1H3,(H,21,24)(H,22,25). The predicted molar refractivity (Wildman–Crippen MR) is 95.4 cm³/mol. The number of aromatic nitrogens is 2. The van der Waals surface area contributed by atoms with Gasteiger partial charge in [0.2, 0.25) is 0 Å². The molecule has 4 N–H and O–H groups in total. The molecule has 2 amide bonds. The number of hydrogen-bond donors (Lipinski definition) is 3. The van der Waals surface area contributed by atoms with Crippen molar-refractivity contribution in [1.82, 2.24) is 20.4 Å². The van der Waals surface area contributed by atoms with E-state index in [4.69, 9.17) is 10.5 Å². The number of aryl methyl sites for hydroxylation is 1. The Kier molecular flexibility index (Phi) is 4.02. The summed E-state index contributed by atoms with van der Waals surface area (Å²) >= 11 is 0. The summed E-state index contributed by atoms with van der Waals surface area (Å²) in [7, 11) is 0. The predicted octanol–water partition coefficient (Wildman–Crippen LogP) is 1.91. The molecule has 0 bridgehead atoms. The SMILES string of the molecule is Cc1ccc(C(=O)NC2CC2)cc1-n1ncc(OC(=O)NC2CC2)c1N. The first-order valence-electron chi connectivity index (χ1n) is 8.75. The van der Waals surface area contributed by atoms with Gasteiger partial charge in [-0.05, 0) is 50.3 Å². The van der Waals surface area contributed by atoms with Crippen molar-refractivity contribution in [3.8, 4) is 11.4 Å². The zero-order valence-electron chi connectivity index (χ0n) is 14.5. The van der Waals surface area contributed by atoms with E-state index < -0.39 is 6.09 Å². The molecular formula is C18H21N5O3. The van der Waals surface area contributed by atoms with Crippen molar-refractivity contribution in [2.24, 2.45) is 0 Å². The molecule has 1 aromatic heterocycles. The van der Waals surface area contributed by atoms with Gasteiger partial charge < -0.3 is 21.1 Å². The number of nitrogen functional groups attached to an aromatic ring is 1. The Morgan fingerprint density at radius 3 is 2.58 bits per heavy atom. The highest BCUT2D eigenvalue weighted by Gasteiger charge is 2.26. The van der Waals surface area contributed by atoms with E-state index in [0.29, 0.717) is 11.3 Å². The summed E-state index contributed by atoms with van der Waals surface area (Å²) in [5, 5.41) is 9.92. The lowest BCUT2D eigenvalue weighted by Crippen LogP contribution is -2.28. The molecule has 2 saturated carbocycles. The summed E-state index contributed by atoms with van der Waals surface area (Å²) < 4.78 is 6.71. The second-order valence-electron chi connectivity index (χ2n) is 6.86. The molecule has 2 aliphatic carbocycles. The summed E-state index contributed by atoms with van der Waals surface area (Å²) in [6.45, 7) is 1.90. The smallest absolute Gasteiger partial charge is 0.405 e. The number of hydrogen-bond acceptors (Lipinski definition) is 5. The zero-order valence-corrected chi connectivity index (χ0v) is 14.5. The van der Waals surface area contributed by atoms with Crippen LogP contribution in [0.4, 0.5) is 10.6 Å². The van der Waals surface area contributed by atoms with Gasteiger partial charge in [0.05, 0.1) is 11.9 Å². The van der Waals surface area contributed by atoms with Gasteiger partial charge in [-0.1, -0.05) is 6.07 Å². The molecule has 0 radical (unpaired) electrons. The Bertz CT molecular complexity index is 868. The Morgan fingerprint density at radius 2 is 1.88 bits per heavy atom. The first kappa shape index (κ1) is 16.4. The third-order valence-electron chi connectivity index (χ3n) is 4.49. The first-order valence-corrected chi connectivity index (χ1v) is 8.75. The molecule has 0 aliphatic heterocycles. The molecule has 2 aliphatic rings. The average molecular weight is 355 g/mol. The highest BCUT2D eigenvalue weighted by Crippen LogP contribution is 2.27. The number of rotatable bonds is 5. The second kappa shape index (κ2) is 6.36. The molecule has 0 saturated heterocycles. The molecule has 0 unspecified atom stereocenters. The van der Waals surface area contributed by atoms with Crippen LogP contribution < -0.4 is 21.1 Å². The topological polar surface area (TPSA) is 111 Å². The fourth-order valence-electron chi connectivity index (χ4n) is 2.61. The normalized spacial score (nSPS) is 16.2. The van der Waals surface area contributed by atoms with E-state index in [1.165, 1.54) is 10.9 Å². The molecule has 26 heavy (non-hydrogen) atoms. The summed E-state index contributed by atoms with van der Waals surface area (Å²) in [5.41, 5.74) is 8.22. The van der Waals surface area contributed by atoms with Crippen LogP contribution in [0.3, 0.4) is 0 Å². The number of benzene rings is 1. The maximum Gasteiger partial charge on any atom is 0.413 e. The number of nitrogens with zero attached hydrogens (tertiary/aromatic N) is 2. The van der Waals surface area contributed by atoms with Gasteiger partial charge in [-0.25, -0.2) is 9.48 Å². The fourth-order valence-corrected chi connectivity index (χ4v) is 2.61. The van der Waals surface area contributed by atoms with E-state index >= 15 is 0 Å². The maximum atomic E-state index is 12.3. The first-order chi connectivity index (χ1) is 12.5. The Balaban J connectivity index is 1.56. The lowest BCUT2D eigenvalue weighted by atomic mass is 10.1. The van der Waals surface area contributed by atoms with Crippen molar-refractivity contribution in [2.45, 2.75) is 44.7 Å². The number of ether oxygens (including phenoxy) is 1. The van der Waals surface area contributed by atoms with Crippen molar-refractivity contribution in [1.29, 1.82) is 0 Å². The van der Waals surface area contributed by atoms with Gasteiger partial charge in [-0.3, -0.25) is 4.79 Å². The van der Waals surface area contributed by atoms with Crippen LogP contribution in [0, 0.1) is 6.92 Å². The van der Waals surface area contributed by atoms with Crippen LogP contribution in [-0.4, -0.2) is 33.9 Å². The molecule has 8 heteroatoms. The van der Waals surface area contributed by atoms with Crippen molar-refractivity contribution in [3.05, 3.63) is 35.5 Å². The molecule has 1 aromatic carbocycles. The molecule has 4 rings (SSSR count). The van der Waals surface area contributed by atoms with Crippen LogP contribution in [0.25, 0.3) is 5.69 Å². The summed E-state index contributed by atoms with van der Waals surface area (Å²) in [6.07, 6.45) is 4.86. The van der Waals surface area contributed by atoms with Gasteiger partial charge in [0.15, 0.2) is 11.6 Å². The molecule has 0 spiro atoms. The summed E-state index contributed by atoms with van der Waals surface area (Å²) in [5.74, 6) is 0.286. The van der Waals surface area contributed by atoms with Crippen molar-refractivity contribution < 1.29 is 14.3 Å². The van der Waals surface area contributed by atoms with Crippen LogP contribution >= 0.6 is 0 Å². The third-order valence-corrected chi connectivity index (χ3v) is 4.49. The third kappa shape index (κ3) is 3.49. The Morgan fingerprint density at radius 1 is 1.19 bits per heavy atom. The van der Waals surface area contributed by atoms with Crippen LogP contribution in [0.5, 0.6) is 5.75 Å². The van der Waals surface area contributed by atoms with Crippen LogP contribution in [0.1, 0.15) is 41.6 Å². The van der Waals surface area contributed by atoms with E-state index in [9.17, 15) is 9.59 Å². The molecule has 136 valence electrons. The van der Waals surface area contributed by atoms with E-state index in [0.717, 1.165) is 31.2 Å². The van der Waals surface area contributed by atoms with Gasteiger partial charge in [0.1, 0.15) is 0 Å². The Labute approximate surface area is 150 Å². The molecule has 2 aromatic rings. The van der Waals surface area contributed by atoms with E-state index in [1.807, 2.05) is 13.0 Å². The lowest BCUT2D eigenvalue weighted by molar-refractivity contribution is 0.0951. The van der Waals surface area contributed by atoms with Gasteiger partial charge in [-0.15, -0.1) is 0 Å². The van der Waals surface area contributed by atoms with Crippen LogP contribution in [-0.2, 0) is 0 Å². The lowest BCUT2D eigenvalue weighted by Gasteiger charge is -2.11. The minimum absolute atomic E-state index is 0.111. The number of carbonyl (C=O) groups excluding carboxylic acids is 2. The number of amides is 2. The monoisotopic (exact) mass is 355 g/mol. The van der Waals surface area contributed by atoms with E-state index in [1.54, 1.807) is 12.1 Å². The van der Waals surface area contributed by atoms with E-state index in [-0.39, 0.29) is 29.6 Å². The fraction of sp³-hybridized carbons (Fsp3) is 0.389. The quantitative estimate of drug-likeness (QED) is 0.758. The van der Waals surface area contributed by atoms with Crippen molar-refractivity contribution >= 4 is 17.8 Å². The van der Waals surface area contributed by atoms with Crippen LogP contribution in [0.15, 0.2) is 24.4 Å². The Hall–Kier alpha value is -3.03. The minimum Gasteiger partial charge on any atom is -0.405 e. The van der Waals surface area contributed by atoms with Crippen molar-refractivity contribution in [2.75, 3.05) is 5.73 Å². The number of nitrogens with one attached hydrogen (secondary N) is 2. The molecular weight excluding hydrogens is 334 g/mol. The number of carbonyl (C=O) groups is 2. The molecule has 8 nitrogen and oxygen atoms in total. The van der Waals surface area contributed by atoms with Crippen LogP contribution in [0.2, 0.25) is 0 Å². The summed E-state index contributed by atoms with van der Waals surface area (Å²) in [6, 6.07) is 5.84. The number of anilines is 1. The van der Waals surface area contributed by atoms with Gasteiger partial charge >= 0.3 is 6.09 Å². The highest BCUT2D eigenvalue weighted by atomic mass is 16.6. The van der Waals surface area contributed by atoms with Gasteiger partial charge in [0.25, 0.3) is 5.91 Å². The van der Waals surface area contributed by atoms with E-state index in [2.05, 4.69) is 15.7 Å². The second-order valence-corrected chi connectivity index (χ2v) is 6.86. The van der Waals surface area contributed by atoms with Gasteiger partial charge in [-0.2, -0.15) is 5.10 Å². The number of nitrogens with two attached hydrogens (primary N) is 1.